The van der Waals surface area contributed by atoms with Crippen molar-refractivity contribution < 1.29 is 14.7 Å². The van der Waals surface area contributed by atoms with Crippen LogP contribution in [0.2, 0.25) is 0 Å². The van der Waals surface area contributed by atoms with Crippen LogP contribution < -0.4 is 10.7 Å². The van der Waals surface area contributed by atoms with E-state index in [9.17, 15) is 14.7 Å². The number of carbonyl (C=O) groups excluding carboxylic acids is 2. The maximum absolute atomic E-state index is 12.1. The third-order valence-corrected chi connectivity index (χ3v) is 4.80. The number of halogens is 1. The van der Waals surface area contributed by atoms with Crippen molar-refractivity contribution in [2.45, 2.75) is 0 Å². The van der Waals surface area contributed by atoms with Crippen LogP contribution in [0.4, 0.5) is 0 Å². The average molecular weight is 473 g/mol. The van der Waals surface area contributed by atoms with Gasteiger partial charge in [0.25, 0.3) is 11.8 Å². The molecule has 0 saturated heterocycles. The van der Waals surface area contributed by atoms with Crippen LogP contribution in [0.25, 0.3) is 10.8 Å². The Morgan fingerprint density at radius 2 is 1.78 bits per heavy atom. The van der Waals surface area contributed by atoms with Crippen LogP contribution >= 0.6 is 22.6 Å². The molecule has 0 fully saturated rings. The Kier molecular flexibility index (Phi) is 6.02. The van der Waals surface area contributed by atoms with E-state index in [1.165, 1.54) is 6.21 Å². The largest absolute Gasteiger partial charge is 0.507 e. The number of fused-ring (bicyclic) bond motifs is 1. The number of rotatable bonds is 5. The number of phenols is 1. The highest BCUT2D eigenvalue weighted by atomic mass is 127. The fourth-order valence-electron chi connectivity index (χ4n) is 2.53. The summed E-state index contributed by atoms with van der Waals surface area (Å²) in [4.78, 5) is 24.0. The number of nitrogens with one attached hydrogen (secondary N) is 2. The Labute approximate surface area is 169 Å². The molecule has 0 aliphatic heterocycles. The lowest BCUT2D eigenvalue weighted by Crippen LogP contribution is -2.35. The molecule has 0 spiro atoms. The number of benzene rings is 3. The standard InChI is InChI=1S/C20H16IN3O3/c21-17-8-4-3-7-15(17)20(27)22-12-19(26)24-23-11-16-14-6-2-1-5-13(14)9-10-18(16)25/h1-11,25H,12H2,(H,22,27)(H,24,26)/b23-11-. The van der Waals surface area contributed by atoms with Gasteiger partial charge in [-0.25, -0.2) is 5.43 Å². The molecule has 7 heteroatoms. The molecule has 6 nitrogen and oxygen atoms in total. The number of phenolic OH excluding ortho intramolecular Hbond substituents is 1. The van der Waals surface area contributed by atoms with E-state index in [1.54, 1.807) is 24.3 Å². The second-order valence-electron chi connectivity index (χ2n) is 5.68. The average Bonchev–Trinajstić information content (AvgIpc) is 2.68. The minimum atomic E-state index is -0.467. The molecule has 0 heterocycles. The van der Waals surface area contributed by atoms with Crippen LogP contribution in [0.5, 0.6) is 5.75 Å². The van der Waals surface area contributed by atoms with Gasteiger partial charge in [-0.3, -0.25) is 9.59 Å². The van der Waals surface area contributed by atoms with Crippen molar-refractivity contribution in [3.63, 3.8) is 0 Å². The molecule has 0 unspecified atom stereocenters. The van der Waals surface area contributed by atoms with Gasteiger partial charge in [0.1, 0.15) is 5.75 Å². The van der Waals surface area contributed by atoms with E-state index in [1.807, 2.05) is 36.4 Å². The Balaban J connectivity index is 1.61. The lowest BCUT2D eigenvalue weighted by molar-refractivity contribution is -0.120. The number of carbonyl (C=O) groups is 2. The maximum atomic E-state index is 12.1. The second kappa shape index (κ2) is 8.63. The first-order chi connectivity index (χ1) is 13.1. The smallest absolute Gasteiger partial charge is 0.259 e. The zero-order valence-electron chi connectivity index (χ0n) is 14.1. The quantitative estimate of drug-likeness (QED) is 0.302. The molecule has 3 aromatic carbocycles. The summed E-state index contributed by atoms with van der Waals surface area (Å²) in [5.41, 5.74) is 3.37. The third kappa shape index (κ3) is 4.62. The van der Waals surface area contributed by atoms with Gasteiger partial charge in [-0.05, 0) is 51.6 Å². The minimum absolute atomic E-state index is 0.0682. The first-order valence-corrected chi connectivity index (χ1v) is 9.19. The Bertz CT molecular complexity index is 1030. The van der Waals surface area contributed by atoms with Crippen molar-refractivity contribution in [1.82, 2.24) is 10.7 Å². The van der Waals surface area contributed by atoms with E-state index in [0.29, 0.717) is 11.1 Å². The SMILES string of the molecule is O=C(CNC(=O)c1ccccc1I)N/N=C\c1c(O)ccc2ccccc12. The zero-order valence-corrected chi connectivity index (χ0v) is 16.3. The van der Waals surface area contributed by atoms with Crippen LogP contribution in [0.15, 0.2) is 65.8 Å². The highest BCUT2D eigenvalue weighted by Gasteiger charge is 2.10. The van der Waals surface area contributed by atoms with Crippen molar-refractivity contribution in [2.24, 2.45) is 5.10 Å². The first-order valence-electron chi connectivity index (χ1n) is 8.11. The summed E-state index contributed by atoms with van der Waals surface area (Å²) in [6, 6.07) is 18.0. The fraction of sp³-hybridized carbons (Fsp3) is 0.0500. The molecular weight excluding hydrogens is 457 g/mol. The van der Waals surface area contributed by atoms with E-state index in [-0.39, 0.29) is 18.2 Å². The van der Waals surface area contributed by atoms with Gasteiger partial charge in [-0.15, -0.1) is 0 Å². The van der Waals surface area contributed by atoms with Gasteiger partial charge in [0.05, 0.1) is 18.3 Å². The van der Waals surface area contributed by atoms with Crippen molar-refractivity contribution in [1.29, 1.82) is 0 Å². The summed E-state index contributed by atoms with van der Waals surface area (Å²) in [5, 5.41) is 18.2. The van der Waals surface area contributed by atoms with Crippen LogP contribution in [0.3, 0.4) is 0 Å². The van der Waals surface area contributed by atoms with Gasteiger partial charge in [-0.1, -0.05) is 42.5 Å². The van der Waals surface area contributed by atoms with Crippen molar-refractivity contribution >= 4 is 51.4 Å². The van der Waals surface area contributed by atoms with E-state index in [2.05, 4.69) is 38.4 Å². The predicted molar refractivity (Wildman–Crippen MR) is 113 cm³/mol. The third-order valence-electron chi connectivity index (χ3n) is 3.86. The topological polar surface area (TPSA) is 90.8 Å². The number of amides is 2. The maximum Gasteiger partial charge on any atom is 0.259 e. The van der Waals surface area contributed by atoms with Crippen molar-refractivity contribution in [3.05, 3.63) is 75.4 Å². The summed E-state index contributed by atoms with van der Waals surface area (Å²) in [6.45, 7) is -0.206. The molecule has 0 aromatic heterocycles. The van der Waals surface area contributed by atoms with E-state index in [0.717, 1.165) is 14.3 Å². The molecule has 2 amide bonds. The number of hydrazone groups is 1. The lowest BCUT2D eigenvalue weighted by atomic mass is 10.0. The molecule has 3 aromatic rings. The van der Waals surface area contributed by atoms with E-state index in [4.69, 9.17) is 0 Å². The minimum Gasteiger partial charge on any atom is -0.507 e. The van der Waals surface area contributed by atoms with E-state index >= 15 is 0 Å². The van der Waals surface area contributed by atoms with Gasteiger partial charge in [0, 0.05) is 9.13 Å². The van der Waals surface area contributed by atoms with Gasteiger partial charge < -0.3 is 10.4 Å². The van der Waals surface area contributed by atoms with Crippen molar-refractivity contribution in [3.8, 4) is 5.75 Å². The normalized spacial score (nSPS) is 10.9. The fourth-order valence-corrected chi connectivity index (χ4v) is 3.16. The van der Waals surface area contributed by atoms with Gasteiger partial charge in [0.15, 0.2) is 0 Å². The highest BCUT2D eigenvalue weighted by Crippen LogP contribution is 2.25. The summed E-state index contributed by atoms with van der Waals surface area (Å²) in [6.07, 6.45) is 1.39. The molecule has 3 N–H and O–H groups in total. The molecule has 136 valence electrons. The number of hydrogen-bond donors (Lipinski definition) is 3. The molecule has 0 atom stereocenters. The number of hydrogen-bond acceptors (Lipinski definition) is 4. The summed E-state index contributed by atoms with van der Waals surface area (Å²) in [5.74, 6) is -0.727. The second-order valence-corrected chi connectivity index (χ2v) is 6.84. The summed E-state index contributed by atoms with van der Waals surface area (Å²) in [7, 11) is 0. The number of aromatic hydroxyl groups is 1. The highest BCUT2D eigenvalue weighted by molar-refractivity contribution is 14.1. The van der Waals surface area contributed by atoms with Crippen LogP contribution in [-0.2, 0) is 4.79 Å². The van der Waals surface area contributed by atoms with Crippen LogP contribution in [0.1, 0.15) is 15.9 Å². The first kappa shape index (κ1) is 18.8. The molecular formula is C20H16IN3O3. The molecule has 0 aliphatic carbocycles. The summed E-state index contributed by atoms with van der Waals surface area (Å²) < 4.78 is 0.803. The zero-order chi connectivity index (χ0) is 19.2. The van der Waals surface area contributed by atoms with Crippen LogP contribution in [-0.4, -0.2) is 29.7 Å². The Morgan fingerprint density at radius 3 is 2.59 bits per heavy atom. The molecule has 3 rings (SSSR count). The van der Waals surface area contributed by atoms with Crippen LogP contribution in [0, 0.1) is 3.57 Å². The van der Waals surface area contributed by atoms with E-state index < -0.39 is 5.91 Å². The van der Waals surface area contributed by atoms with Gasteiger partial charge in [-0.2, -0.15) is 5.10 Å². The lowest BCUT2D eigenvalue weighted by Gasteiger charge is -2.06. The monoisotopic (exact) mass is 473 g/mol. The molecule has 0 aliphatic rings. The molecule has 0 saturated carbocycles. The number of nitrogens with zero attached hydrogens (tertiary/aromatic N) is 1. The van der Waals surface area contributed by atoms with Gasteiger partial charge >= 0.3 is 0 Å². The Hall–Kier alpha value is -2.94. The van der Waals surface area contributed by atoms with Gasteiger partial charge in [0.2, 0.25) is 0 Å². The Morgan fingerprint density at radius 1 is 1.04 bits per heavy atom. The summed E-state index contributed by atoms with van der Waals surface area (Å²) >= 11 is 2.06. The predicted octanol–water partition coefficient (Wildman–Crippen LogP) is 3.03. The molecule has 0 radical (unpaired) electrons. The van der Waals surface area contributed by atoms with Crippen molar-refractivity contribution in [2.75, 3.05) is 6.54 Å². The molecule has 0 bridgehead atoms. The molecule has 27 heavy (non-hydrogen) atoms.